The maximum atomic E-state index is 5.07. The second kappa shape index (κ2) is 4.37. The smallest absolute Gasteiger partial charge is 0.156 e. The normalized spacial score (nSPS) is 9.64. The van der Waals surface area contributed by atoms with Gasteiger partial charge in [0.25, 0.3) is 0 Å². The van der Waals surface area contributed by atoms with Gasteiger partial charge in [-0.15, -0.1) is 0 Å². The SMILES string of the molecule is CBc1ccc(COCl)nc1. The van der Waals surface area contributed by atoms with Crippen LogP contribution in [0.25, 0.3) is 0 Å². The number of halogens is 1. The van der Waals surface area contributed by atoms with Crippen LogP contribution in [0.2, 0.25) is 6.82 Å². The lowest BCUT2D eigenvalue weighted by molar-refractivity contribution is 0.335. The highest BCUT2D eigenvalue weighted by molar-refractivity contribution is 6.51. The standard InChI is InChI=1S/C7H9BClNO/c1-8-6-2-3-7(5-11-9)10-4-6/h2-4,8H,5H2,1H3. The van der Waals surface area contributed by atoms with E-state index in [1.165, 1.54) is 5.46 Å². The van der Waals surface area contributed by atoms with Crippen molar-refractivity contribution in [3.63, 3.8) is 0 Å². The highest BCUT2D eigenvalue weighted by Gasteiger charge is 1.93. The molecular formula is C7H9BClNO. The topological polar surface area (TPSA) is 22.1 Å². The average Bonchev–Trinajstić information content (AvgIpc) is 2.07. The fourth-order valence-corrected chi connectivity index (χ4v) is 0.917. The third kappa shape index (κ3) is 2.52. The molecule has 0 amide bonds. The second-order valence-corrected chi connectivity index (χ2v) is 2.48. The van der Waals surface area contributed by atoms with Crippen molar-refractivity contribution in [2.75, 3.05) is 0 Å². The number of rotatable bonds is 3. The average molecular weight is 169 g/mol. The van der Waals surface area contributed by atoms with Crippen LogP contribution < -0.4 is 5.46 Å². The Kier molecular flexibility index (Phi) is 3.40. The zero-order chi connectivity index (χ0) is 8.10. The van der Waals surface area contributed by atoms with Gasteiger partial charge in [0.2, 0.25) is 0 Å². The summed E-state index contributed by atoms with van der Waals surface area (Å²) in [6.45, 7) is 2.46. The Bertz CT molecular complexity index is 214. The molecule has 0 bridgehead atoms. The molecule has 1 rings (SSSR count). The van der Waals surface area contributed by atoms with Crippen LogP contribution in [0.3, 0.4) is 0 Å². The molecule has 0 atom stereocenters. The maximum Gasteiger partial charge on any atom is 0.156 e. The van der Waals surface area contributed by atoms with Crippen LogP contribution in [0.15, 0.2) is 18.3 Å². The van der Waals surface area contributed by atoms with Gasteiger partial charge in [0.1, 0.15) is 6.61 Å². The zero-order valence-corrected chi connectivity index (χ0v) is 7.14. The van der Waals surface area contributed by atoms with Gasteiger partial charge in [0, 0.05) is 6.20 Å². The molecule has 0 unspecified atom stereocenters. The first-order chi connectivity index (χ1) is 5.36. The van der Waals surface area contributed by atoms with E-state index in [1.807, 2.05) is 18.3 Å². The van der Waals surface area contributed by atoms with E-state index in [4.69, 9.17) is 11.9 Å². The Balaban J connectivity index is 2.66. The molecule has 0 spiro atoms. The minimum Gasteiger partial charge on any atom is -0.273 e. The van der Waals surface area contributed by atoms with Crippen molar-refractivity contribution in [2.24, 2.45) is 0 Å². The summed E-state index contributed by atoms with van der Waals surface area (Å²) in [5, 5.41) is 0. The van der Waals surface area contributed by atoms with Gasteiger partial charge < -0.3 is 0 Å². The van der Waals surface area contributed by atoms with Gasteiger partial charge in [-0.2, -0.15) is 0 Å². The van der Waals surface area contributed by atoms with Gasteiger partial charge in [-0.05, 0) is 6.07 Å². The van der Waals surface area contributed by atoms with Crippen molar-refractivity contribution in [3.8, 4) is 0 Å². The van der Waals surface area contributed by atoms with E-state index in [2.05, 4.69) is 16.1 Å². The Morgan fingerprint density at radius 1 is 1.64 bits per heavy atom. The molecule has 0 aliphatic carbocycles. The van der Waals surface area contributed by atoms with E-state index in [0.717, 1.165) is 13.0 Å². The van der Waals surface area contributed by atoms with Gasteiger partial charge in [-0.3, -0.25) is 9.27 Å². The number of nitrogens with zero attached hydrogens (tertiary/aromatic N) is 1. The van der Waals surface area contributed by atoms with E-state index in [-0.39, 0.29) is 0 Å². The molecule has 11 heavy (non-hydrogen) atoms. The fourth-order valence-electron chi connectivity index (χ4n) is 0.806. The number of aromatic nitrogens is 1. The zero-order valence-electron chi connectivity index (χ0n) is 6.38. The van der Waals surface area contributed by atoms with Gasteiger partial charge in [0.05, 0.1) is 17.6 Å². The first-order valence-corrected chi connectivity index (χ1v) is 3.85. The van der Waals surface area contributed by atoms with Crippen molar-refractivity contribution in [3.05, 3.63) is 24.0 Å². The molecule has 0 aromatic carbocycles. The summed E-state index contributed by atoms with van der Waals surface area (Å²) in [7, 11) is 1.01. The summed E-state index contributed by atoms with van der Waals surface area (Å²) >= 11 is 5.07. The molecule has 0 radical (unpaired) electrons. The molecule has 1 aromatic heterocycles. The Hall–Kier alpha value is -0.535. The number of pyridine rings is 1. The van der Waals surface area contributed by atoms with Crippen LogP contribution in [0.4, 0.5) is 0 Å². The molecule has 0 saturated carbocycles. The first-order valence-electron chi connectivity index (χ1n) is 3.54. The Morgan fingerprint density at radius 3 is 2.91 bits per heavy atom. The van der Waals surface area contributed by atoms with Gasteiger partial charge in [-0.1, -0.05) is 18.4 Å². The van der Waals surface area contributed by atoms with E-state index >= 15 is 0 Å². The minimum atomic E-state index is 0.367. The quantitative estimate of drug-likeness (QED) is 0.626. The van der Waals surface area contributed by atoms with Crippen molar-refractivity contribution >= 4 is 24.6 Å². The van der Waals surface area contributed by atoms with Crippen LogP contribution in [-0.4, -0.2) is 12.3 Å². The van der Waals surface area contributed by atoms with Crippen molar-refractivity contribution in [2.45, 2.75) is 13.4 Å². The summed E-state index contributed by atoms with van der Waals surface area (Å²) in [6.07, 6.45) is 1.84. The van der Waals surface area contributed by atoms with Crippen LogP contribution in [0, 0.1) is 0 Å². The van der Waals surface area contributed by atoms with Crippen LogP contribution in [-0.2, 0) is 10.9 Å². The third-order valence-corrected chi connectivity index (χ3v) is 1.61. The number of hydrogen-bond acceptors (Lipinski definition) is 2. The summed E-state index contributed by atoms with van der Waals surface area (Å²) in [5.74, 6) is 0. The van der Waals surface area contributed by atoms with E-state index < -0.39 is 0 Å². The third-order valence-electron chi connectivity index (χ3n) is 1.50. The van der Waals surface area contributed by atoms with Crippen molar-refractivity contribution in [1.82, 2.24) is 4.98 Å². The molecule has 58 valence electrons. The summed E-state index contributed by atoms with van der Waals surface area (Å²) in [4.78, 5) is 4.13. The molecule has 1 heterocycles. The van der Waals surface area contributed by atoms with Gasteiger partial charge in [-0.25, -0.2) is 0 Å². The van der Waals surface area contributed by atoms with Crippen molar-refractivity contribution < 1.29 is 4.29 Å². The number of hydrogen-bond donors (Lipinski definition) is 0. The highest BCUT2D eigenvalue weighted by atomic mass is 35.5. The van der Waals surface area contributed by atoms with E-state index in [0.29, 0.717) is 6.61 Å². The lowest BCUT2D eigenvalue weighted by Crippen LogP contribution is -2.11. The molecule has 0 aliphatic rings. The van der Waals surface area contributed by atoms with Gasteiger partial charge >= 0.3 is 0 Å². The molecular weight excluding hydrogens is 160 g/mol. The predicted octanol–water partition coefficient (Wildman–Crippen LogP) is 0.862. The maximum absolute atomic E-state index is 5.07. The lowest BCUT2D eigenvalue weighted by Gasteiger charge is -1.97. The first kappa shape index (κ1) is 8.56. The van der Waals surface area contributed by atoms with Crippen molar-refractivity contribution in [1.29, 1.82) is 0 Å². The second-order valence-electron chi connectivity index (χ2n) is 2.26. The molecule has 0 saturated heterocycles. The highest BCUT2D eigenvalue weighted by Crippen LogP contribution is 1.95. The minimum absolute atomic E-state index is 0.367. The van der Waals surface area contributed by atoms with Crippen LogP contribution in [0.5, 0.6) is 0 Å². The lowest BCUT2D eigenvalue weighted by atomic mass is 9.74. The Morgan fingerprint density at radius 2 is 2.45 bits per heavy atom. The van der Waals surface area contributed by atoms with Gasteiger partial charge in [0.15, 0.2) is 7.28 Å². The van der Waals surface area contributed by atoms with Crippen LogP contribution in [0.1, 0.15) is 5.69 Å². The molecule has 0 aliphatic heterocycles. The van der Waals surface area contributed by atoms with E-state index in [9.17, 15) is 0 Å². The fraction of sp³-hybridized carbons (Fsp3) is 0.286. The molecule has 0 N–H and O–H groups in total. The molecule has 2 nitrogen and oxygen atoms in total. The monoisotopic (exact) mass is 169 g/mol. The molecule has 0 fully saturated rings. The largest absolute Gasteiger partial charge is 0.273 e. The van der Waals surface area contributed by atoms with E-state index in [1.54, 1.807) is 0 Å². The summed E-state index contributed by atoms with van der Waals surface area (Å²) in [5.41, 5.74) is 2.08. The Labute approximate surface area is 72.0 Å². The summed E-state index contributed by atoms with van der Waals surface area (Å²) < 4.78 is 4.41. The van der Waals surface area contributed by atoms with Crippen LogP contribution >= 0.6 is 11.9 Å². The predicted molar refractivity (Wildman–Crippen MR) is 47.5 cm³/mol. The summed E-state index contributed by atoms with van der Waals surface area (Å²) in [6, 6.07) is 3.94. The molecule has 4 heteroatoms. The molecule has 1 aromatic rings.